The third kappa shape index (κ3) is 4.53. The van der Waals surface area contributed by atoms with E-state index in [-0.39, 0.29) is 17.5 Å². The van der Waals surface area contributed by atoms with E-state index in [9.17, 15) is 18.0 Å². The van der Waals surface area contributed by atoms with Crippen LogP contribution < -0.4 is 5.32 Å². The van der Waals surface area contributed by atoms with Crippen molar-refractivity contribution < 1.29 is 18.0 Å². The minimum Gasteiger partial charge on any atom is -0.345 e. The molecule has 6 heteroatoms. The molecule has 1 heterocycles. The lowest BCUT2D eigenvalue weighted by atomic mass is 9.98. The molecule has 0 aromatic heterocycles. The van der Waals surface area contributed by atoms with E-state index in [1.807, 2.05) is 24.3 Å². The number of nitrogens with zero attached hydrogens (tertiary/aromatic N) is 1. The Balaban J connectivity index is 1.44. The van der Waals surface area contributed by atoms with Gasteiger partial charge < -0.3 is 5.32 Å². The van der Waals surface area contributed by atoms with Gasteiger partial charge >= 0.3 is 6.18 Å². The van der Waals surface area contributed by atoms with Gasteiger partial charge in [0.2, 0.25) is 5.91 Å². The molecule has 1 amide bonds. The van der Waals surface area contributed by atoms with Crippen molar-refractivity contribution in [3.05, 3.63) is 77.7 Å². The lowest BCUT2D eigenvalue weighted by Crippen LogP contribution is -2.51. The topological polar surface area (TPSA) is 32.3 Å². The molecule has 1 N–H and O–H groups in total. The van der Waals surface area contributed by atoms with E-state index in [2.05, 4.69) is 17.1 Å². The SMILES string of the molecule is [CH2]c1ccc(C2(NC(=O)[C@H]3CCCCN3Cc3ccc(C(F)(F)F)cc3)CC2)cc1. The number of alkyl halides is 3. The predicted octanol–water partition coefficient (Wildman–Crippen LogP) is 5.05. The Morgan fingerprint density at radius 1 is 1.07 bits per heavy atom. The number of piperidine rings is 1. The fourth-order valence-electron chi connectivity index (χ4n) is 4.26. The van der Waals surface area contributed by atoms with Gasteiger partial charge in [-0.05, 0) is 68.0 Å². The summed E-state index contributed by atoms with van der Waals surface area (Å²) in [5.74, 6) is 0.0119. The first-order valence-corrected chi connectivity index (χ1v) is 10.4. The van der Waals surface area contributed by atoms with Crippen LogP contribution in [-0.4, -0.2) is 23.4 Å². The number of hydrogen-bond acceptors (Lipinski definition) is 2. The van der Waals surface area contributed by atoms with Gasteiger partial charge in [0.05, 0.1) is 17.1 Å². The number of nitrogens with one attached hydrogen (secondary N) is 1. The van der Waals surface area contributed by atoms with Crippen LogP contribution in [0.25, 0.3) is 0 Å². The fourth-order valence-corrected chi connectivity index (χ4v) is 4.26. The monoisotopic (exact) mass is 415 g/mol. The number of halogens is 3. The van der Waals surface area contributed by atoms with Gasteiger partial charge in [-0.25, -0.2) is 0 Å². The normalized spacial score (nSPS) is 21.3. The molecule has 0 spiro atoms. The minimum atomic E-state index is -4.34. The zero-order valence-corrected chi connectivity index (χ0v) is 16.8. The summed E-state index contributed by atoms with van der Waals surface area (Å²) in [4.78, 5) is 15.3. The van der Waals surface area contributed by atoms with Crippen LogP contribution in [0.15, 0.2) is 48.5 Å². The maximum absolute atomic E-state index is 13.2. The van der Waals surface area contributed by atoms with Gasteiger partial charge in [0.25, 0.3) is 0 Å². The fraction of sp³-hybridized carbons (Fsp3) is 0.417. The van der Waals surface area contributed by atoms with Gasteiger partial charge in [0, 0.05) is 6.54 Å². The number of rotatable bonds is 5. The molecule has 2 aromatic rings. The van der Waals surface area contributed by atoms with Crippen LogP contribution in [0.1, 0.15) is 54.4 Å². The maximum Gasteiger partial charge on any atom is 0.416 e. The van der Waals surface area contributed by atoms with Crippen molar-refractivity contribution in [2.24, 2.45) is 0 Å². The average Bonchev–Trinajstić information content (AvgIpc) is 3.49. The van der Waals surface area contributed by atoms with Crippen LogP contribution in [0.5, 0.6) is 0 Å². The molecular weight excluding hydrogens is 389 g/mol. The van der Waals surface area contributed by atoms with E-state index < -0.39 is 11.7 Å². The third-order valence-corrected chi connectivity index (χ3v) is 6.20. The van der Waals surface area contributed by atoms with Crippen LogP contribution in [-0.2, 0) is 23.1 Å². The molecule has 2 aromatic carbocycles. The van der Waals surface area contributed by atoms with E-state index in [0.29, 0.717) is 6.54 Å². The molecule has 0 bridgehead atoms. The molecule has 1 saturated carbocycles. The summed E-state index contributed by atoms with van der Waals surface area (Å²) in [5, 5.41) is 3.27. The van der Waals surface area contributed by atoms with E-state index in [4.69, 9.17) is 0 Å². The van der Waals surface area contributed by atoms with Gasteiger partial charge in [-0.2, -0.15) is 13.2 Å². The highest BCUT2D eigenvalue weighted by molar-refractivity contribution is 5.83. The molecule has 2 aliphatic rings. The molecule has 1 aliphatic carbocycles. The Bertz CT molecular complexity index is 886. The first kappa shape index (κ1) is 20.9. The summed E-state index contributed by atoms with van der Waals surface area (Å²) in [6.07, 6.45) is 0.226. The predicted molar refractivity (Wildman–Crippen MR) is 109 cm³/mol. The standard InChI is InChI=1S/C24H26F3N2O/c1-17-5-9-19(10-6-17)23(13-14-23)28-22(30)21-4-2-3-15-29(21)16-18-7-11-20(12-8-18)24(25,26)27/h5-12,21H,1-4,13-16H2,(H,28,30)/t21-/m1/s1. The first-order chi connectivity index (χ1) is 14.3. The molecule has 0 unspecified atom stereocenters. The number of hydrogen-bond donors (Lipinski definition) is 1. The number of likely N-dealkylation sites (tertiary alicyclic amines) is 1. The average molecular weight is 415 g/mol. The van der Waals surface area contributed by atoms with Crippen LogP contribution >= 0.6 is 0 Å². The molecule has 30 heavy (non-hydrogen) atoms. The molecule has 1 saturated heterocycles. The van der Waals surface area contributed by atoms with Crippen LogP contribution in [0.3, 0.4) is 0 Å². The van der Waals surface area contributed by atoms with Gasteiger partial charge in [0.1, 0.15) is 0 Å². The molecule has 1 aliphatic heterocycles. The van der Waals surface area contributed by atoms with E-state index in [1.165, 1.54) is 12.1 Å². The highest BCUT2D eigenvalue weighted by Gasteiger charge is 2.47. The largest absolute Gasteiger partial charge is 0.416 e. The Labute approximate surface area is 175 Å². The van der Waals surface area contributed by atoms with E-state index in [1.54, 1.807) is 0 Å². The molecule has 159 valence electrons. The van der Waals surface area contributed by atoms with Crippen molar-refractivity contribution in [3.63, 3.8) is 0 Å². The lowest BCUT2D eigenvalue weighted by molar-refractivity contribution is -0.137. The first-order valence-electron chi connectivity index (χ1n) is 10.4. The molecular formula is C24H26F3N2O. The Morgan fingerprint density at radius 2 is 1.73 bits per heavy atom. The number of benzene rings is 2. The summed E-state index contributed by atoms with van der Waals surface area (Å²) in [6.45, 7) is 5.15. The van der Waals surface area contributed by atoms with E-state index >= 15 is 0 Å². The second-order valence-corrected chi connectivity index (χ2v) is 8.45. The summed E-state index contributed by atoms with van der Waals surface area (Å²) in [5.41, 5.74) is 1.89. The van der Waals surface area contributed by atoms with Crippen LogP contribution in [0, 0.1) is 6.92 Å². The lowest BCUT2D eigenvalue weighted by Gasteiger charge is -2.36. The van der Waals surface area contributed by atoms with Crippen molar-refractivity contribution in [1.29, 1.82) is 0 Å². The summed E-state index contributed by atoms with van der Waals surface area (Å²) in [7, 11) is 0. The Morgan fingerprint density at radius 3 is 2.33 bits per heavy atom. The van der Waals surface area contributed by atoms with Crippen molar-refractivity contribution in [1.82, 2.24) is 10.2 Å². The van der Waals surface area contributed by atoms with Crippen molar-refractivity contribution >= 4 is 5.91 Å². The maximum atomic E-state index is 13.2. The smallest absolute Gasteiger partial charge is 0.345 e. The molecule has 4 rings (SSSR count). The summed E-state index contributed by atoms with van der Waals surface area (Å²) in [6, 6.07) is 12.9. The van der Waals surface area contributed by atoms with Gasteiger partial charge in [-0.3, -0.25) is 9.69 Å². The zero-order valence-electron chi connectivity index (χ0n) is 16.8. The molecule has 1 radical (unpaired) electrons. The molecule has 1 atom stereocenters. The van der Waals surface area contributed by atoms with Gasteiger partial charge in [0.15, 0.2) is 0 Å². The number of amides is 1. The summed E-state index contributed by atoms with van der Waals surface area (Å²) >= 11 is 0. The summed E-state index contributed by atoms with van der Waals surface area (Å²) < 4.78 is 38.4. The Kier molecular flexibility index (Phi) is 5.62. The van der Waals surface area contributed by atoms with Crippen molar-refractivity contribution in [2.45, 2.75) is 56.4 Å². The minimum absolute atomic E-state index is 0.0119. The van der Waals surface area contributed by atoms with Crippen molar-refractivity contribution in [3.8, 4) is 0 Å². The Hall–Kier alpha value is -2.34. The highest BCUT2D eigenvalue weighted by atomic mass is 19.4. The molecule has 3 nitrogen and oxygen atoms in total. The van der Waals surface area contributed by atoms with Crippen LogP contribution in [0.4, 0.5) is 13.2 Å². The number of carbonyl (C=O) groups is 1. The highest BCUT2D eigenvalue weighted by Crippen LogP contribution is 2.45. The van der Waals surface area contributed by atoms with Crippen LogP contribution in [0.2, 0.25) is 0 Å². The second-order valence-electron chi connectivity index (χ2n) is 8.45. The molecule has 2 fully saturated rings. The zero-order chi connectivity index (χ0) is 21.4. The quantitative estimate of drug-likeness (QED) is 0.741. The van der Waals surface area contributed by atoms with E-state index in [0.717, 1.165) is 67.5 Å². The van der Waals surface area contributed by atoms with Gasteiger partial charge in [-0.15, -0.1) is 0 Å². The van der Waals surface area contributed by atoms with Gasteiger partial charge in [-0.1, -0.05) is 42.8 Å². The second kappa shape index (κ2) is 8.06. The number of carbonyl (C=O) groups excluding carboxylic acids is 1. The third-order valence-electron chi connectivity index (χ3n) is 6.20. The van der Waals surface area contributed by atoms with Crippen molar-refractivity contribution in [2.75, 3.05) is 6.54 Å².